The maximum atomic E-state index is 15.0. The van der Waals surface area contributed by atoms with Gasteiger partial charge in [-0.15, -0.1) is 0 Å². The molecule has 3 heterocycles. The van der Waals surface area contributed by atoms with Crippen molar-refractivity contribution in [3.05, 3.63) is 78.0 Å². The summed E-state index contributed by atoms with van der Waals surface area (Å²) in [5.74, 6) is 1.16. The molecule has 0 radical (unpaired) electrons. The number of amides is 1. The molecule has 1 aliphatic heterocycles. The average molecular weight is 506 g/mol. The van der Waals surface area contributed by atoms with Crippen LogP contribution in [0.4, 0.5) is 15.9 Å². The van der Waals surface area contributed by atoms with Crippen molar-refractivity contribution in [3.63, 3.8) is 0 Å². The molecule has 0 aliphatic carbocycles. The van der Waals surface area contributed by atoms with Gasteiger partial charge in [-0.2, -0.15) is 0 Å². The minimum Gasteiger partial charge on any atom is -0.484 e. The first-order valence-corrected chi connectivity index (χ1v) is 11.7. The summed E-state index contributed by atoms with van der Waals surface area (Å²) in [6.45, 7) is 2.17. The van der Waals surface area contributed by atoms with E-state index in [-0.39, 0.29) is 18.3 Å². The van der Waals surface area contributed by atoms with Gasteiger partial charge in [-0.3, -0.25) is 9.59 Å². The fourth-order valence-electron chi connectivity index (χ4n) is 4.01. The fourth-order valence-corrected chi connectivity index (χ4v) is 4.01. The van der Waals surface area contributed by atoms with Crippen molar-refractivity contribution in [1.29, 1.82) is 0 Å². The third-order valence-electron chi connectivity index (χ3n) is 6.04. The van der Waals surface area contributed by atoms with E-state index in [1.807, 2.05) is 4.90 Å². The molecule has 0 saturated carbocycles. The molecule has 5 rings (SSSR count). The first-order chi connectivity index (χ1) is 18.1. The van der Waals surface area contributed by atoms with Gasteiger partial charge in [0.15, 0.2) is 18.2 Å². The summed E-state index contributed by atoms with van der Waals surface area (Å²) in [5.41, 5.74) is 2.14. The third-order valence-corrected chi connectivity index (χ3v) is 6.04. The Kier molecular flexibility index (Phi) is 7.11. The SMILES string of the molecule is O=Cc1ccc(OCC(=O)N2CCN(c3ccc(-c4cc(CNc5ccon5)on4)cc3F)CC2)cc1. The molecule has 1 amide bonds. The number of carbonyl (C=O) groups excluding carboxylic acids is 2. The lowest BCUT2D eigenvalue weighted by molar-refractivity contribution is -0.133. The topological polar surface area (TPSA) is 114 Å². The molecular weight excluding hydrogens is 481 g/mol. The largest absolute Gasteiger partial charge is 0.484 e. The number of halogens is 1. The number of carbonyl (C=O) groups is 2. The zero-order valence-electron chi connectivity index (χ0n) is 19.8. The van der Waals surface area contributed by atoms with Crippen molar-refractivity contribution in [3.8, 4) is 17.0 Å². The molecule has 10 nitrogen and oxygen atoms in total. The zero-order chi connectivity index (χ0) is 25.6. The fraction of sp³-hybridized carbons (Fsp3) is 0.231. The summed E-state index contributed by atoms with van der Waals surface area (Å²) >= 11 is 0. The Labute approximate surface area is 211 Å². The van der Waals surface area contributed by atoms with Crippen molar-refractivity contribution < 1.29 is 27.8 Å². The second kappa shape index (κ2) is 10.9. The van der Waals surface area contributed by atoms with Crippen molar-refractivity contribution in [2.24, 2.45) is 0 Å². The maximum absolute atomic E-state index is 15.0. The summed E-state index contributed by atoms with van der Waals surface area (Å²) in [7, 11) is 0. The number of nitrogens with one attached hydrogen (secondary N) is 1. The quantitative estimate of drug-likeness (QED) is 0.341. The van der Waals surface area contributed by atoms with Crippen LogP contribution in [0.5, 0.6) is 5.75 Å². The molecule has 1 N–H and O–H groups in total. The van der Waals surface area contributed by atoms with E-state index in [1.54, 1.807) is 53.4 Å². The molecule has 0 spiro atoms. The molecule has 190 valence electrons. The smallest absolute Gasteiger partial charge is 0.260 e. The normalized spacial score (nSPS) is 13.4. The predicted molar refractivity (Wildman–Crippen MR) is 132 cm³/mol. The molecule has 0 atom stereocenters. The number of hydrogen-bond acceptors (Lipinski definition) is 9. The van der Waals surface area contributed by atoms with Crippen LogP contribution < -0.4 is 15.0 Å². The van der Waals surface area contributed by atoms with Gasteiger partial charge in [-0.25, -0.2) is 4.39 Å². The molecule has 1 aliphatic rings. The molecule has 2 aromatic carbocycles. The van der Waals surface area contributed by atoms with E-state index in [2.05, 4.69) is 15.6 Å². The van der Waals surface area contributed by atoms with E-state index in [0.717, 1.165) is 6.29 Å². The van der Waals surface area contributed by atoms with Gasteiger partial charge in [-0.05, 0) is 36.4 Å². The molecule has 0 unspecified atom stereocenters. The average Bonchev–Trinajstić information content (AvgIpc) is 3.63. The molecule has 4 aromatic rings. The Morgan fingerprint density at radius 2 is 1.86 bits per heavy atom. The number of piperazine rings is 1. The Balaban J connectivity index is 1.13. The van der Waals surface area contributed by atoms with Gasteiger partial charge in [0.05, 0.1) is 12.2 Å². The lowest BCUT2D eigenvalue weighted by Crippen LogP contribution is -2.50. The molecule has 0 bridgehead atoms. The number of anilines is 2. The summed E-state index contributed by atoms with van der Waals surface area (Å²) in [5, 5.41) is 10.8. The Morgan fingerprint density at radius 3 is 2.57 bits per heavy atom. The number of aldehydes is 1. The van der Waals surface area contributed by atoms with Gasteiger partial charge in [0.1, 0.15) is 29.8 Å². The predicted octanol–water partition coefficient (Wildman–Crippen LogP) is 3.62. The van der Waals surface area contributed by atoms with E-state index < -0.39 is 0 Å². The molecule has 37 heavy (non-hydrogen) atoms. The Hall–Kier alpha value is -4.67. The minimum absolute atomic E-state index is 0.0999. The first-order valence-electron chi connectivity index (χ1n) is 11.7. The van der Waals surface area contributed by atoms with Crippen LogP contribution in [0, 0.1) is 5.82 Å². The highest BCUT2D eigenvalue weighted by molar-refractivity contribution is 5.78. The zero-order valence-corrected chi connectivity index (χ0v) is 19.8. The summed E-state index contributed by atoms with van der Waals surface area (Å²) in [6.07, 6.45) is 2.21. The Morgan fingerprint density at radius 1 is 1.05 bits per heavy atom. The van der Waals surface area contributed by atoms with Crippen LogP contribution in [0.25, 0.3) is 11.3 Å². The van der Waals surface area contributed by atoms with Gasteiger partial charge >= 0.3 is 0 Å². The van der Waals surface area contributed by atoms with Gasteiger partial charge in [0.2, 0.25) is 0 Å². The highest BCUT2D eigenvalue weighted by atomic mass is 19.1. The molecule has 1 saturated heterocycles. The summed E-state index contributed by atoms with van der Waals surface area (Å²) < 4.78 is 30.7. The standard InChI is InChI=1S/C26H24FN5O5/c27-22-13-19(23-14-21(37-29-23)15-28-25-7-12-36-30-25)3-6-24(22)31-8-10-32(11-9-31)26(34)17-35-20-4-1-18(16-33)2-5-20/h1-7,12-14,16H,8-11,15,17H2,(H,28,30). The highest BCUT2D eigenvalue weighted by Gasteiger charge is 2.23. The number of nitrogens with zero attached hydrogens (tertiary/aromatic N) is 4. The van der Waals surface area contributed by atoms with Crippen molar-refractivity contribution in [1.82, 2.24) is 15.2 Å². The number of ether oxygens (including phenoxy) is 1. The van der Waals surface area contributed by atoms with Crippen LogP contribution in [-0.4, -0.2) is 60.2 Å². The van der Waals surface area contributed by atoms with Gasteiger partial charge in [-0.1, -0.05) is 16.4 Å². The minimum atomic E-state index is -0.371. The van der Waals surface area contributed by atoms with Crippen molar-refractivity contribution in [2.45, 2.75) is 6.54 Å². The number of benzene rings is 2. The van der Waals surface area contributed by atoms with Crippen LogP contribution in [0.1, 0.15) is 16.1 Å². The summed E-state index contributed by atoms with van der Waals surface area (Å²) in [6, 6.07) is 14.9. The van der Waals surface area contributed by atoms with Crippen LogP contribution in [-0.2, 0) is 11.3 Å². The van der Waals surface area contributed by atoms with Crippen LogP contribution in [0.2, 0.25) is 0 Å². The van der Waals surface area contributed by atoms with Gasteiger partial charge in [0, 0.05) is 49.4 Å². The van der Waals surface area contributed by atoms with Gasteiger partial charge in [0.25, 0.3) is 5.91 Å². The second-order valence-electron chi connectivity index (χ2n) is 8.43. The van der Waals surface area contributed by atoms with E-state index in [9.17, 15) is 9.59 Å². The molecular formula is C26H24FN5O5. The molecule has 2 aromatic heterocycles. The molecule has 11 heteroatoms. The number of aromatic nitrogens is 2. The number of rotatable bonds is 9. The van der Waals surface area contributed by atoms with E-state index >= 15 is 4.39 Å². The van der Waals surface area contributed by atoms with E-state index in [1.165, 1.54) is 12.3 Å². The van der Waals surface area contributed by atoms with Crippen molar-refractivity contribution in [2.75, 3.05) is 43.0 Å². The third kappa shape index (κ3) is 5.77. The van der Waals surface area contributed by atoms with E-state index in [0.29, 0.717) is 72.6 Å². The lowest BCUT2D eigenvalue weighted by atomic mass is 10.1. The monoisotopic (exact) mass is 505 g/mol. The summed E-state index contributed by atoms with van der Waals surface area (Å²) in [4.78, 5) is 26.9. The lowest BCUT2D eigenvalue weighted by Gasteiger charge is -2.36. The Bertz CT molecular complexity index is 1350. The second-order valence-corrected chi connectivity index (χ2v) is 8.43. The van der Waals surface area contributed by atoms with E-state index in [4.69, 9.17) is 13.8 Å². The highest BCUT2D eigenvalue weighted by Crippen LogP contribution is 2.27. The van der Waals surface area contributed by atoms with Gasteiger partial charge < -0.3 is 28.9 Å². The molecule has 1 fully saturated rings. The number of hydrogen-bond donors (Lipinski definition) is 1. The van der Waals surface area contributed by atoms with Crippen LogP contribution in [0.15, 0.2) is 69.9 Å². The van der Waals surface area contributed by atoms with Crippen molar-refractivity contribution >= 4 is 23.7 Å². The van der Waals surface area contributed by atoms with Crippen LogP contribution in [0.3, 0.4) is 0 Å². The van der Waals surface area contributed by atoms with Crippen LogP contribution >= 0.6 is 0 Å². The first kappa shape index (κ1) is 24.0. The maximum Gasteiger partial charge on any atom is 0.260 e.